The van der Waals surface area contributed by atoms with Crippen molar-refractivity contribution in [1.29, 1.82) is 0 Å². The predicted octanol–water partition coefficient (Wildman–Crippen LogP) is 3.43. The van der Waals surface area contributed by atoms with Gasteiger partial charge in [-0.25, -0.2) is 14.4 Å². The Hall–Kier alpha value is -3.19. The first-order valence-electron chi connectivity index (χ1n) is 10.7. The molecule has 3 unspecified atom stereocenters. The zero-order valence-corrected chi connectivity index (χ0v) is 17.5. The van der Waals surface area contributed by atoms with Crippen molar-refractivity contribution in [1.82, 2.24) is 20.2 Å². The SMILES string of the molecule is CC(c1ccc(F)cc1)N1CCN(c2cc(OC3=CC=CC4NC=CC34)ncn2)CC1. The van der Waals surface area contributed by atoms with E-state index in [0.29, 0.717) is 5.88 Å². The van der Waals surface area contributed by atoms with Gasteiger partial charge in [-0.3, -0.25) is 4.90 Å². The number of nitrogens with one attached hydrogen (secondary N) is 1. The third-order valence-electron chi connectivity index (χ3n) is 6.27. The van der Waals surface area contributed by atoms with Gasteiger partial charge in [0.2, 0.25) is 5.88 Å². The summed E-state index contributed by atoms with van der Waals surface area (Å²) in [7, 11) is 0. The highest BCUT2D eigenvalue weighted by Crippen LogP contribution is 2.29. The summed E-state index contributed by atoms with van der Waals surface area (Å²) in [4.78, 5) is 13.5. The Morgan fingerprint density at radius 3 is 2.71 bits per heavy atom. The summed E-state index contributed by atoms with van der Waals surface area (Å²) >= 11 is 0. The van der Waals surface area contributed by atoms with Gasteiger partial charge >= 0.3 is 0 Å². The Morgan fingerprint density at radius 2 is 1.90 bits per heavy atom. The molecule has 3 atom stereocenters. The molecule has 0 amide bonds. The summed E-state index contributed by atoms with van der Waals surface area (Å²) in [6, 6.07) is 9.21. The van der Waals surface area contributed by atoms with E-state index in [9.17, 15) is 4.39 Å². The molecule has 0 bridgehead atoms. The number of nitrogens with zero attached hydrogens (tertiary/aromatic N) is 4. The van der Waals surface area contributed by atoms with E-state index in [1.165, 1.54) is 12.1 Å². The molecule has 0 radical (unpaired) electrons. The van der Waals surface area contributed by atoms with E-state index in [2.05, 4.69) is 44.2 Å². The van der Waals surface area contributed by atoms with Crippen LogP contribution in [0.1, 0.15) is 18.5 Å². The highest BCUT2D eigenvalue weighted by atomic mass is 19.1. The number of piperazine rings is 1. The van der Waals surface area contributed by atoms with Crippen LogP contribution in [0.4, 0.5) is 10.2 Å². The fourth-order valence-corrected chi connectivity index (χ4v) is 4.39. The van der Waals surface area contributed by atoms with Crippen LogP contribution in [0.25, 0.3) is 0 Å². The van der Waals surface area contributed by atoms with Gasteiger partial charge in [-0.05, 0) is 36.9 Å². The Morgan fingerprint density at radius 1 is 1.10 bits per heavy atom. The Kier molecular flexibility index (Phi) is 5.42. The zero-order chi connectivity index (χ0) is 21.2. The normalized spacial score (nSPS) is 23.8. The third kappa shape index (κ3) is 4.18. The smallest absolute Gasteiger partial charge is 0.223 e. The van der Waals surface area contributed by atoms with E-state index >= 15 is 0 Å². The molecule has 0 saturated carbocycles. The first-order valence-corrected chi connectivity index (χ1v) is 10.7. The van der Waals surface area contributed by atoms with Crippen LogP contribution in [0, 0.1) is 11.7 Å². The van der Waals surface area contributed by atoms with Gasteiger partial charge in [-0.2, -0.15) is 0 Å². The van der Waals surface area contributed by atoms with Crippen molar-refractivity contribution in [2.75, 3.05) is 31.1 Å². The Labute approximate surface area is 181 Å². The minimum atomic E-state index is -0.196. The molecule has 1 N–H and O–H groups in total. The second-order valence-corrected chi connectivity index (χ2v) is 8.10. The van der Waals surface area contributed by atoms with Crippen molar-refractivity contribution < 1.29 is 9.13 Å². The van der Waals surface area contributed by atoms with Gasteiger partial charge in [0.25, 0.3) is 0 Å². The highest BCUT2D eigenvalue weighted by molar-refractivity contribution is 5.42. The van der Waals surface area contributed by atoms with E-state index in [-0.39, 0.29) is 23.8 Å². The molecule has 160 valence electrons. The topological polar surface area (TPSA) is 53.5 Å². The van der Waals surface area contributed by atoms with E-state index < -0.39 is 0 Å². The molecule has 6 nitrogen and oxygen atoms in total. The number of ether oxygens (including phenoxy) is 1. The number of halogens is 1. The van der Waals surface area contributed by atoms with Crippen molar-refractivity contribution in [3.05, 3.63) is 84.3 Å². The first-order chi connectivity index (χ1) is 15.2. The van der Waals surface area contributed by atoms with Crippen molar-refractivity contribution >= 4 is 5.82 Å². The standard InChI is InChI=1S/C24H26FN5O/c1-17(18-5-7-19(25)8-6-18)29-11-13-30(14-12-29)23-15-24(28-16-27-23)31-22-4-2-3-21-20(22)9-10-26-21/h2-10,15-17,20-21,26H,11-14H2,1H3. The molecule has 1 aliphatic carbocycles. The van der Waals surface area contributed by atoms with Gasteiger partial charge in [0.1, 0.15) is 23.7 Å². The lowest BCUT2D eigenvalue weighted by Gasteiger charge is -2.38. The van der Waals surface area contributed by atoms with Crippen LogP contribution in [0.2, 0.25) is 0 Å². The van der Waals surface area contributed by atoms with Crippen LogP contribution in [0.15, 0.2) is 72.9 Å². The average molecular weight is 420 g/mol. The van der Waals surface area contributed by atoms with Crippen molar-refractivity contribution in [2.24, 2.45) is 5.92 Å². The van der Waals surface area contributed by atoms with E-state index in [0.717, 1.165) is 43.3 Å². The Balaban J connectivity index is 1.22. The molecule has 3 heterocycles. The summed E-state index contributed by atoms with van der Waals surface area (Å²) in [6.45, 7) is 5.73. The number of rotatable bonds is 5. The number of hydrogen-bond acceptors (Lipinski definition) is 6. The van der Waals surface area contributed by atoms with Gasteiger partial charge < -0.3 is 15.0 Å². The molecule has 1 aromatic carbocycles. The molecule has 7 heteroatoms. The molecule has 1 aromatic heterocycles. The lowest BCUT2D eigenvalue weighted by Crippen LogP contribution is -2.47. The molecule has 1 saturated heterocycles. The summed E-state index contributed by atoms with van der Waals surface area (Å²) < 4.78 is 19.3. The lowest BCUT2D eigenvalue weighted by atomic mass is 9.96. The van der Waals surface area contributed by atoms with Crippen LogP contribution >= 0.6 is 0 Å². The quantitative estimate of drug-likeness (QED) is 0.802. The molecule has 2 aromatic rings. The highest BCUT2D eigenvalue weighted by Gasteiger charge is 2.28. The number of anilines is 1. The fourth-order valence-electron chi connectivity index (χ4n) is 4.39. The van der Waals surface area contributed by atoms with Gasteiger partial charge in [0.15, 0.2) is 0 Å². The number of hydrogen-bond donors (Lipinski definition) is 1. The molecule has 0 spiro atoms. The number of fused-ring (bicyclic) bond motifs is 1. The monoisotopic (exact) mass is 419 g/mol. The summed E-state index contributed by atoms with van der Waals surface area (Å²) in [6.07, 6.45) is 11.8. The van der Waals surface area contributed by atoms with Crippen molar-refractivity contribution in [2.45, 2.75) is 19.0 Å². The van der Waals surface area contributed by atoms with Crippen LogP contribution in [0.3, 0.4) is 0 Å². The van der Waals surface area contributed by atoms with E-state index in [4.69, 9.17) is 4.74 Å². The summed E-state index contributed by atoms with van der Waals surface area (Å²) in [5, 5.41) is 3.31. The number of benzene rings is 1. The van der Waals surface area contributed by atoms with Crippen LogP contribution in [-0.4, -0.2) is 47.1 Å². The molecule has 3 aliphatic rings. The molecule has 31 heavy (non-hydrogen) atoms. The van der Waals surface area contributed by atoms with Crippen molar-refractivity contribution in [3.8, 4) is 5.88 Å². The van der Waals surface area contributed by atoms with E-state index in [1.807, 2.05) is 36.6 Å². The summed E-state index contributed by atoms with van der Waals surface area (Å²) in [5.41, 5.74) is 1.14. The maximum Gasteiger partial charge on any atom is 0.223 e. The molecule has 2 aliphatic heterocycles. The second-order valence-electron chi connectivity index (χ2n) is 8.10. The Bertz CT molecular complexity index is 1010. The van der Waals surface area contributed by atoms with Crippen molar-refractivity contribution in [3.63, 3.8) is 0 Å². The molecular weight excluding hydrogens is 393 g/mol. The van der Waals surface area contributed by atoms with Crippen LogP contribution in [0.5, 0.6) is 5.88 Å². The fraction of sp³-hybridized carbons (Fsp3) is 0.333. The van der Waals surface area contributed by atoms with Crippen LogP contribution < -0.4 is 15.0 Å². The van der Waals surface area contributed by atoms with Gasteiger partial charge in [0, 0.05) is 38.3 Å². The first kappa shape index (κ1) is 19.8. The molecule has 1 fully saturated rings. The molecule has 5 rings (SSSR count). The maximum atomic E-state index is 13.2. The lowest BCUT2D eigenvalue weighted by molar-refractivity contribution is 0.198. The van der Waals surface area contributed by atoms with E-state index in [1.54, 1.807) is 6.33 Å². The second kappa shape index (κ2) is 8.51. The third-order valence-corrected chi connectivity index (χ3v) is 6.27. The van der Waals surface area contributed by atoms with Crippen LogP contribution in [-0.2, 0) is 0 Å². The van der Waals surface area contributed by atoms with Gasteiger partial charge in [-0.15, -0.1) is 0 Å². The number of aromatic nitrogens is 2. The summed E-state index contributed by atoms with van der Waals surface area (Å²) in [5.74, 6) is 2.32. The average Bonchev–Trinajstić information content (AvgIpc) is 3.30. The minimum Gasteiger partial charge on any atom is -0.442 e. The number of allylic oxidation sites excluding steroid dienone is 2. The minimum absolute atomic E-state index is 0.194. The predicted molar refractivity (Wildman–Crippen MR) is 118 cm³/mol. The molecular formula is C24H26FN5O. The van der Waals surface area contributed by atoms with Gasteiger partial charge in [-0.1, -0.05) is 30.4 Å². The largest absolute Gasteiger partial charge is 0.442 e. The zero-order valence-electron chi connectivity index (χ0n) is 17.5. The van der Waals surface area contributed by atoms with Gasteiger partial charge in [0.05, 0.1) is 12.0 Å². The maximum absolute atomic E-state index is 13.2.